The lowest BCUT2D eigenvalue weighted by Gasteiger charge is -2.18. The van der Waals surface area contributed by atoms with Gasteiger partial charge in [0.2, 0.25) is 0 Å². The van der Waals surface area contributed by atoms with E-state index in [2.05, 4.69) is 22.2 Å². The first-order valence-corrected chi connectivity index (χ1v) is 12.1. The van der Waals surface area contributed by atoms with E-state index in [0.717, 1.165) is 25.1 Å². The normalized spacial score (nSPS) is 13.6. The fourth-order valence-corrected chi connectivity index (χ4v) is 3.60. The van der Waals surface area contributed by atoms with Crippen LogP contribution in [0, 0.1) is 0 Å². The molecule has 0 aliphatic heterocycles. The molecule has 2 aromatic rings. The van der Waals surface area contributed by atoms with E-state index >= 15 is 0 Å². The SMILES string of the molecule is C=C(/N=C(Nc1cccc(C(F)(F)F)c1)\C(=C/C)C(F)(F)F)Nc1ccc(P(C)(C)=O)cc1. The van der Waals surface area contributed by atoms with Crippen molar-refractivity contribution in [1.82, 2.24) is 0 Å². The van der Waals surface area contributed by atoms with Crippen molar-refractivity contribution in [3.05, 3.63) is 78.1 Å². The maximum Gasteiger partial charge on any atom is 0.419 e. The van der Waals surface area contributed by atoms with E-state index in [1.165, 1.54) is 6.07 Å². The second-order valence-corrected chi connectivity index (χ2v) is 10.6. The third-order valence-corrected chi connectivity index (χ3v) is 5.87. The number of amidine groups is 1. The largest absolute Gasteiger partial charge is 0.419 e. The Bertz CT molecular complexity index is 1110. The maximum atomic E-state index is 13.5. The van der Waals surface area contributed by atoms with Gasteiger partial charge in [-0.15, -0.1) is 0 Å². The number of benzene rings is 2. The van der Waals surface area contributed by atoms with Gasteiger partial charge in [0.1, 0.15) is 18.8 Å². The van der Waals surface area contributed by atoms with Gasteiger partial charge in [-0.3, -0.25) is 0 Å². The number of hydrogen-bond donors (Lipinski definition) is 2. The minimum atomic E-state index is -4.83. The van der Waals surface area contributed by atoms with E-state index in [1.807, 2.05) is 0 Å². The monoisotopic (exact) mass is 489 g/mol. The smallest absolute Gasteiger partial charge is 0.341 e. The number of halogens is 6. The molecule has 0 fully saturated rings. The molecule has 0 radical (unpaired) electrons. The summed E-state index contributed by atoms with van der Waals surface area (Å²) >= 11 is 0. The van der Waals surface area contributed by atoms with Crippen LogP contribution in [0.2, 0.25) is 0 Å². The van der Waals surface area contributed by atoms with Gasteiger partial charge in [-0.05, 0) is 62.7 Å². The summed E-state index contributed by atoms with van der Waals surface area (Å²) in [5.74, 6) is -0.929. The number of aliphatic imine (C=N–C) groups is 1. The average Bonchev–Trinajstić information content (AvgIpc) is 2.66. The number of alkyl halides is 6. The first-order valence-electron chi connectivity index (χ1n) is 9.49. The fraction of sp³-hybridized carbons (Fsp3) is 0.227. The number of rotatable bonds is 6. The van der Waals surface area contributed by atoms with Crippen molar-refractivity contribution >= 4 is 29.7 Å². The van der Waals surface area contributed by atoms with Crippen LogP contribution >= 0.6 is 7.14 Å². The van der Waals surface area contributed by atoms with Crippen LogP contribution in [0.5, 0.6) is 0 Å². The van der Waals surface area contributed by atoms with Crippen molar-refractivity contribution in [3.63, 3.8) is 0 Å². The molecule has 0 saturated carbocycles. The maximum absolute atomic E-state index is 13.5. The van der Waals surface area contributed by atoms with E-state index in [1.54, 1.807) is 37.6 Å². The summed E-state index contributed by atoms with van der Waals surface area (Å²) in [7, 11) is -2.49. The van der Waals surface area contributed by atoms with E-state index in [-0.39, 0.29) is 11.5 Å². The lowest BCUT2D eigenvalue weighted by atomic mass is 10.1. The van der Waals surface area contributed by atoms with Crippen LogP contribution in [-0.2, 0) is 10.7 Å². The van der Waals surface area contributed by atoms with Gasteiger partial charge in [-0.2, -0.15) is 26.3 Å². The van der Waals surface area contributed by atoms with Crippen molar-refractivity contribution < 1.29 is 30.9 Å². The molecule has 2 rings (SSSR count). The molecule has 0 heterocycles. The number of anilines is 2. The first-order chi connectivity index (χ1) is 15.1. The molecular weight excluding hydrogens is 467 g/mol. The topological polar surface area (TPSA) is 53.5 Å². The van der Waals surface area contributed by atoms with Gasteiger partial charge < -0.3 is 15.2 Å². The summed E-state index contributed by atoms with van der Waals surface area (Å²) in [5, 5.41) is 5.65. The van der Waals surface area contributed by atoms with Crippen LogP contribution in [0.1, 0.15) is 12.5 Å². The quantitative estimate of drug-likeness (QED) is 0.202. The molecule has 0 unspecified atom stereocenters. The van der Waals surface area contributed by atoms with Gasteiger partial charge in [0, 0.05) is 16.7 Å². The summed E-state index contributed by atoms with van der Waals surface area (Å²) in [6, 6.07) is 10.1. The zero-order valence-corrected chi connectivity index (χ0v) is 18.9. The molecule has 0 spiro atoms. The first kappa shape index (κ1) is 26.3. The molecule has 0 atom stereocenters. The second-order valence-electron chi connectivity index (χ2n) is 7.33. The number of hydrogen-bond acceptors (Lipinski definition) is 3. The van der Waals surface area contributed by atoms with Gasteiger partial charge in [-0.25, -0.2) is 4.99 Å². The zero-order chi connectivity index (χ0) is 25.0. The Kier molecular flexibility index (Phi) is 7.85. The highest BCUT2D eigenvalue weighted by molar-refractivity contribution is 7.70. The van der Waals surface area contributed by atoms with E-state index in [0.29, 0.717) is 17.1 Å². The Hall–Kier alpha value is -3.00. The highest BCUT2D eigenvalue weighted by atomic mass is 31.2. The van der Waals surface area contributed by atoms with Crippen molar-refractivity contribution in [2.45, 2.75) is 19.3 Å². The van der Waals surface area contributed by atoms with E-state index in [9.17, 15) is 30.9 Å². The van der Waals surface area contributed by atoms with Crippen molar-refractivity contribution in [2.75, 3.05) is 24.0 Å². The third-order valence-electron chi connectivity index (χ3n) is 4.33. The summed E-state index contributed by atoms with van der Waals surface area (Å²) in [6.45, 7) is 7.92. The molecule has 11 heteroatoms. The second kappa shape index (κ2) is 9.87. The zero-order valence-electron chi connectivity index (χ0n) is 18.0. The lowest BCUT2D eigenvalue weighted by molar-refractivity contribution is -0.137. The molecule has 178 valence electrons. The molecule has 0 bridgehead atoms. The minimum Gasteiger partial charge on any atom is -0.341 e. The van der Waals surface area contributed by atoms with Crippen molar-refractivity contribution in [2.24, 2.45) is 4.99 Å². The molecule has 0 aromatic heterocycles. The third kappa shape index (κ3) is 7.53. The van der Waals surface area contributed by atoms with E-state index < -0.39 is 36.5 Å². The summed E-state index contributed by atoms with van der Waals surface area (Å²) in [5.41, 5.74) is -2.02. The number of allylic oxidation sites excluding steroid dienone is 1. The summed E-state index contributed by atoms with van der Waals surface area (Å²) < 4.78 is 91.6. The van der Waals surface area contributed by atoms with Gasteiger partial charge >= 0.3 is 12.4 Å². The lowest BCUT2D eigenvalue weighted by Crippen LogP contribution is -2.26. The Morgan fingerprint density at radius 3 is 2.06 bits per heavy atom. The molecule has 0 amide bonds. The van der Waals surface area contributed by atoms with Gasteiger partial charge in [0.25, 0.3) is 0 Å². The van der Waals surface area contributed by atoms with Crippen LogP contribution in [-0.4, -0.2) is 25.3 Å². The molecule has 0 saturated heterocycles. The average molecular weight is 489 g/mol. The number of nitrogens with one attached hydrogen (secondary N) is 2. The Balaban J connectivity index is 2.38. The highest BCUT2D eigenvalue weighted by Crippen LogP contribution is 2.35. The van der Waals surface area contributed by atoms with Crippen LogP contribution < -0.4 is 15.9 Å². The van der Waals surface area contributed by atoms with Crippen LogP contribution in [0.25, 0.3) is 0 Å². The predicted molar refractivity (Wildman–Crippen MR) is 121 cm³/mol. The minimum absolute atomic E-state index is 0.197. The Labute approximate surface area is 187 Å². The fourth-order valence-electron chi connectivity index (χ4n) is 2.73. The van der Waals surface area contributed by atoms with Crippen LogP contribution in [0.4, 0.5) is 37.7 Å². The standard InChI is InChI=1S/C22H22F6N3OP/c1-5-19(22(26,27)28)20(31-17-8-6-7-15(13-17)21(23,24)25)30-14(2)29-16-9-11-18(12-10-16)33(3,4)32/h5-13,29H,2H2,1,3-4H3,(H,30,31)/b19-5+. The molecule has 0 aliphatic carbocycles. The summed E-state index contributed by atoms with van der Waals surface area (Å²) in [6.07, 6.45) is -8.74. The molecule has 33 heavy (non-hydrogen) atoms. The summed E-state index contributed by atoms with van der Waals surface area (Å²) in [4.78, 5) is 3.84. The highest BCUT2D eigenvalue weighted by Gasteiger charge is 2.37. The Morgan fingerprint density at radius 1 is 0.970 bits per heavy atom. The molecule has 0 aliphatic rings. The molecular formula is C22H22F6N3OP. The van der Waals surface area contributed by atoms with Gasteiger partial charge in [0.05, 0.1) is 11.1 Å². The molecule has 2 N–H and O–H groups in total. The van der Waals surface area contributed by atoms with Gasteiger partial charge in [-0.1, -0.05) is 18.7 Å². The van der Waals surface area contributed by atoms with Gasteiger partial charge in [0.15, 0.2) is 0 Å². The number of nitrogens with zero attached hydrogens (tertiary/aromatic N) is 1. The van der Waals surface area contributed by atoms with E-state index in [4.69, 9.17) is 0 Å². The predicted octanol–water partition coefficient (Wildman–Crippen LogP) is 6.86. The van der Waals surface area contributed by atoms with Crippen molar-refractivity contribution in [1.29, 1.82) is 0 Å². The molecule has 2 aromatic carbocycles. The Morgan fingerprint density at radius 2 is 1.58 bits per heavy atom. The van der Waals surface area contributed by atoms with Crippen LogP contribution in [0.15, 0.2) is 77.6 Å². The van der Waals surface area contributed by atoms with Crippen LogP contribution in [0.3, 0.4) is 0 Å². The molecule has 4 nitrogen and oxygen atoms in total. The van der Waals surface area contributed by atoms with Crippen molar-refractivity contribution in [3.8, 4) is 0 Å².